The van der Waals surface area contributed by atoms with Crippen LogP contribution in [-0.2, 0) is 14.3 Å². The van der Waals surface area contributed by atoms with Gasteiger partial charge in [0, 0.05) is 19.0 Å². The van der Waals surface area contributed by atoms with Crippen LogP contribution < -0.4 is 19.9 Å². The summed E-state index contributed by atoms with van der Waals surface area (Å²) in [5, 5.41) is 0. The molecule has 9 heteroatoms. The Morgan fingerprint density at radius 3 is 2.32 bits per heavy atom. The Hall–Kier alpha value is -3.75. The Morgan fingerprint density at radius 1 is 0.941 bits per heavy atom. The van der Waals surface area contributed by atoms with Crippen LogP contribution in [0.1, 0.15) is 30.1 Å². The number of rotatable bonds is 11. The third-order valence-corrected chi connectivity index (χ3v) is 5.41. The Labute approximate surface area is 198 Å². The monoisotopic (exact) mass is 470 g/mol. The predicted molar refractivity (Wildman–Crippen MR) is 124 cm³/mol. The van der Waals surface area contributed by atoms with Crippen LogP contribution >= 0.6 is 0 Å². The maximum atomic E-state index is 12.5. The third-order valence-electron chi connectivity index (χ3n) is 5.41. The fourth-order valence-corrected chi connectivity index (χ4v) is 3.57. The number of benzene rings is 2. The van der Waals surface area contributed by atoms with Crippen molar-refractivity contribution in [1.29, 1.82) is 0 Å². The minimum Gasteiger partial charge on any atom is -0.490 e. The number of nitrogens with two attached hydrogens (primary N) is 1. The van der Waals surface area contributed by atoms with E-state index in [0.29, 0.717) is 57.3 Å². The second-order valence-electron chi connectivity index (χ2n) is 7.74. The van der Waals surface area contributed by atoms with Gasteiger partial charge in [-0.05, 0) is 50.1 Å². The number of ether oxygens (including phenoxy) is 4. The van der Waals surface area contributed by atoms with Gasteiger partial charge in [-0.25, -0.2) is 4.79 Å². The quantitative estimate of drug-likeness (QED) is 0.396. The molecule has 2 amide bonds. The SMILES string of the molecule is CCOc1cc(C(=O)OCC(=O)N2CCC(C(N)=O)CC2)ccc1OCCOc1ccccc1. The molecule has 0 radical (unpaired) electrons. The van der Waals surface area contributed by atoms with Gasteiger partial charge in [-0.1, -0.05) is 18.2 Å². The molecule has 9 nitrogen and oxygen atoms in total. The minimum atomic E-state index is -0.639. The molecule has 2 aromatic carbocycles. The van der Waals surface area contributed by atoms with Gasteiger partial charge < -0.3 is 29.6 Å². The zero-order valence-corrected chi connectivity index (χ0v) is 19.2. The van der Waals surface area contributed by atoms with E-state index in [0.717, 1.165) is 5.75 Å². The molecule has 0 saturated carbocycles. The van der Waals surface area contributed by atoms with Crippen molar-refractivity contribution in [2.45, 2.75) is 19.8 Å². The van der Waals surface area contributed by atoms with E-state index in [2.05, 4.69) is 0 Å². The third kappa shape index (κ3) is 7.13. The number of likely N-dealkylation sites (tertiary alicyclic amines) is 1. The average Bonchev–Trinajstić information content (AvgIpc) is 2.86. The molecule has 1 aliphatic heterocycles. The van der Waals surface area contributed by atoms with Crippen molar-refractivity contribution in [2.24, 2.45) is 11.7 Å². The fraction of sp³-hybridized carbons (Fsp3) is 0.400. The van der Waals surface area contributed by atoms with Gasteiger partial charge >= 0.3 is 5.97 Å². The van der Waals surface area contributed by atoms with E-state index in [9.17, 15) is 14.4 Å². The lowest BCUT2D eigenvalue weighted by Crippen LogP contribution is -2.43. The lowest BCUT2D eigenvalue weighted by molar-refractivity contribution is -0.137. The summed E-state index contributed by atoms with van der Waals surface area (Å²) in [4.78, 5) is 37.7. The lowest BCUT2D eigenvalue weighted by Gasteiger charge is -2.30. The van der Waals surface area contributed by atoms with Crippen LogP contribution in [-0.4, -0.2) is 62.2 Å². The van der Waals surface area contributed by atoms with E-state index in [1.165, 1.54) is 6.07 Å². The zero-order chi connectivity index (χ0) is 24.3. The van der Waals surface area contributed by atoms with Crippen LogP contribution in [0, 0.1) is 5.92 Å². The molecule has 3 rings (SSSR count). The molecule has 2 N–H and O–H groups in total. The predicted octanol–water partition coefficient (Wildman–Crippen LogP) is 2.42. The minimum absolute atomic E-state index is 0.214. The average molecular weight is 471 g/mol. The molecule has 182 valence electrons. The van der Waals surface area contributed by atoms with E-state index < -0.39 is 5.97 Å². The number of primary amides is 1. The Bertz CT molecular complexity index is 972. The first-order valence-corrected chi connectivity index (χ1v) is 11.3. The number of carbonyl (C=O) groups excluding carboxylic acids is 3. The fourth-order valence-electron chi connectivity index (χ4n) is 3.57. The van der Waals surface area contributed by atoms with Crippen molar-refractivity contribution in [1.82, 2.24) is 4.90 Å². The number of amides is 2. The number of carbonyl (C=O) groups is 3. The molecule has 0 aromatic heterocycles. The molecule has 0 unspecified atom stereocenters. The summed E-state index contributed by atoms with van der Waals surface area (Å²) in [6, 6.07) is 14.1. The first kappa shape index (κ1) is 24.9. The van der Waals surface area contributed by atoms with Crippen molar-refractivity contribution < 1.29 is 33.3 Å². The van der Waals surface area contributed by atoms with Crippen LogP contribution in [0.15, 0.2) is 48.5 Å². The highest BCUT2D eigenvalue weighted by Gasteiger charge is 2.26. The van der Waals surface area contributed by atoms with E-state index in [1.807, 2.05) is 37.3 Å². The normalized spacial score (nSPS) is 13.7. The van der Waals surface area contributed by atoms with E-state index >= 15 is 0 Å². The summed E-state index contributed by atoms with van der Waals surface area (Å²) in [5.41, 5.74) is 5.56. The second kappa shape index (κ2) is 12.5. The van der Waals surface area contributed by atoms with Gasteiger partial charge in [-0.15, -0.1) is 0 Å². The smallest absolute Gasteiger partial charge is 0.338 e. The summed E-state index contributed by atoms with van der Waals surface area (Å²) < 4.78 is 22.2. The maximum absolute atomic E-state index is 12.5. The molecule has 0 bridgehead atoms. The molecule has 0 aliphatic carbocycles. The van der Waals surface area contributed by atoms with Gasteiger partial charge in [0.15, 0.2) is 18.1 Å². The highest BCUT2D eigenvalue weighted by atomic mass is 16.5. The summed E-state index contributed by atoms with van der Waals surface area (Å²) in [6.07, 6.45) is 1.04. The van der Waals surface area contributed by atoms with E-state index in [1.54, 1.807) is 17.0 Å². The summed E-state index contributed by atoms with van der Waals surface area (Å²) in [5.74, 6) is 0.120. The number of para-hydroxylation sites is 1. The largest absolute Gasteiger partial charge is 0.490 e. The first-order valence-electron chi connectivity index (χ1n) is 11.3. The first-order chi connectivity index (χ1) is 16.5. The Kier molecular flexibility index (Phi) is 9.13. The van der Waals surface area contributed by atoms with Gasteiger partial charge in [0.05, 0.1) is 12.2 Å². The molecule has 0 atom stereocenters. The highest BCUT2D eigenvalue weighted by molar-refractivity contribution is 5.92. The lowest BCUT2D eigenvalue weighted by atomic mass is 9.96. The molecule has 34 heavy (non-hydrogen) atoms. The topological polar surface area (TPSA) is 117 Å². The number of piperidine rings is 1. The number of hydrogen-bond donors (Lipinski definition) is 1. The molecule has 0 spiro atoms. The summed E-state index contributed by atoms with van der Waals surface area (Å²) in [6.45, 7) is 3.30. The maximum Gasteiger partial charge on any atom is 0.338 e. The standard InChI is InChI=1S/C25H30N2O7/c1-2-31-22-16-19(8-9-21(22)33-15-14-32-20-6-4-3-5-7-20)25(30)34-17-23(28)27-12-10-18(11-13-27)24(26)29/h3-9,16,18H,2,10-15,17H2,1H3,(H2,26,29). The van der Waals surface area contributed by atoms with Crippen LogP contribution in [0.5, 0.6) is 17.2 Å². The molecule has 1 fully saturated rings. The number of esters is 1. The van der Waals surface area contributed by atoms with Crippen LogP contribution in [0.25, 0.3) is 0 Å². The Morgan fingerprint density at radius 2 is 1.65 bits per heavy atom. The van der Waals surface area contributed by atoms with E-state index in [-0.39, 0.29) is 29.9 Å². The molecular formula is C25H30N2O7. The molecular weight excluding hydrogens is 440 g/mol. The number of nitrogens with zero attached hydrogens (tertiary/aromatic N) is 1. The van der Waals surface area contributed by atoms with Gasteiger partial charge in [0.2, 0.25) is 5.91 Å². The number of hydrogen-bond acceptors (Lipinski definition) is 7. The highest BCUT2D eigenvalue weighted by Crippen LogP contribution is 2.29. The van der Waals surface area contributed by atoms with Crippen molar-refractivity contribution in [2.75, 3.05) is 39.5 Å². The van der Waals surface area contributed by atoms with Crippen molar-refractivity contribution in [3.8, 4) is 17.2 Å². The molecule has 1 aliphatic rings. The molecule has 1 heterocycles. The molecule has 2 aromatic rings. The van der Waals surface area contributed by atoms with Crippen molar-refractivity contribution >= 4 is 17.8 Å². The van der Waals surface area contributed by atoms with Gasteiger partial charge in [-0.2, -0.15) is 0 Å². The van der Waals surface area contributed by atoms with Crippen molar-refractivity contribution in [3.05, 3.63) is 54.1 Å². The Balaban J connectivity index is 1.49. The second-order valence-corrected chi connectivity index (χ2v) is 7.74. The van der Waals surface area contributed by atoms with Crippen LogP contribution in [0.2, 0.25) is 0 Å². The van der Waals surface area contributed by atoms with Gasteiger partial charge in [0.25, 0.3) is 5.91 Å². The summed E-state index contributed by atoms with van der Waals surface area (Å²) >= 11 is 0. The van der Waals surface area contributed by atoms with E-state index in [4.69, 9.17) is 24.7 Å². The van der Waals surface area contributed by atoms with Gasteiger partial charge in [0.1, 0.15) is 19.0 Å². The van der Waals surface area contributed by atoms with Gasteiger partial charge in [-0.3, -0.25) is 9.59 Å². The van der Waals surface area contributed by atoms with Crippen LogP contribution in [0.4, 0.5) is 0 Å². The van der Waals surface area contributed by atoms with Crippen LogP contribution in [0.3, 0.4) is 0 Å². The zero-order valence-electron chi connectivity index (χ0n) is 19.2. The van der Waals surface area contributed by atoms with Crippen molar-refractivity contribution in [3.63, 3.8) is 0 Å². The summed E-state index contributed by atoms with van der Waals surface area (Å²) in [7, 11) is 0. The molecule has 1 saturated heterocycles.